The van der Waals surface area contributed by atoms with Crippen molar-refractivity contribution in [1.82, 2.24) is 20.2 Å². The Labute approximate surface area is 546 Å². The number of imide groups is 1. The molecule has 7 aliphatic rings. The van der Waals surface area contributed by atoms with Gasteiger partial charge in [-0.3, -0.25) is 9.59 Å². The Morgan fingerprint density at radius 3 is 1.04 bits per heavy atom. The zero-order valence-corrected chi connectivity index (χ0v) is 57.5. The van der Waals surface area contributed by atoms with E-state index < -0.39 is 29.7 Å². The molecule has 6 saturated carbocycles. The number of amides is 2. The third kappa shape index (κ3) is 61.0. The number of nitrogens with one attached hydrogen (secondary N) is 1. The van der Waals surface area contributed by atoms with Crippen LogP contribution in [0, 0.1) is 62.3 Å². The molecule has 6 aliphatic carbocycles. The second-order valence-corrected chi connectivity index (χ2v) is 21.3. The van der Waals surface area contributed by atoms with Crippen LogP contribution in [0.2, 0.25) is 0 Å². The molecule has 1 saturated heterocycles. The smallest absolute Gasteiger partial charge is 0.480 e. The molecule has 7 fully saturated rings. The molecule has 7 rings (SSSR count). The van der Waals surface area contributed by atoms with Crippen molar-refractivity contribution in [3.8, 4) is 0 Å². The average molecular weight is 1330 g/mol. The third-order valence-electron chi connectivity index (χ3n) is 14.4. The number of carbonyl (C=O) groups excluding carboxylic acids is 3. The zero-order valence-electron chi connectivity index (χ0n) is 54.2. The van der Waals surface area contributed by atoms with Gasteiger partial charge in [-0.15, -0.1) is 5.06 Å². The molecule has 498 valence electrons. The van der Waals surface area contributed by atoms with Crippen LogP contribution in [0.3, 0.4) is 0 Å². The molecule has 84 heavy (non-hydrogen) atoms. The Balaban J connectivity index is -0.000000147. The van der Waals surface area contributed by atoms with Crippen molar-refractivity contribution in [2.24, 2.45) is 17.8 Å². The number of carboxylic acid groups (broad SMARTS) is 2. The number of rotatable bonds is 31. The van der Waals surface area contributed by atoms with E-state index >= 15 is 0 Å². The standard InChI is InChI=1S/C17H28N2O6.C13H25NO4.C12H23NO4.3C5H10.6CH3.3Fe/c1-18(12-14-4-2-3-5-14)8-9-23-10-11-24-13-17(22)25-19-15(20)6-7-16(19)21;1-14(10-12-4-2-3-5-12)6-7-17-8-9-18-11-13(15)16;14-12(15)10-17-8-7-16-6-5-13-9-11-3-1-2-4-11;3*1-2-4-5-3-1;;;;;;;;;/h14H,2-13H2,1H3;12H,2-11H2,1H3,(H,15,16);11,13H,1-10H2,(H,14,15);3*1-5H2;6*1H3;;;/q;;;;;;6*-1;3*+4. The van der Waals surface area contributed by atoms with Crippen molar-refractivity contribution in [3.63, 3.8) is 0 Å². The van der Waals surface area contributed by atoms with Crippen LogP contribution in [0.4, 0.5) is 0 Å². The van der Waals surface area contributed by atoms with E-state index in [1.54, 1.807) is 0 Å². The summed E-state index contributed by atoms with van der Waals surface area (Å²) in [5.41, 5.74) is 0. The number of hydroxylamine groups is 2. The number of nitrogens with zero attached hydrogens (tertiary/aromatic N) is 3. The summed E-state index contributed by atoms with van der Waals surface area (Å²) < 4.78 is 31.0. The maximum Gasteiger partial charge on any atom is 4.00 e. The first-order chi connectivity index (χ1) is 36.5. The molecule has 1 heterocycles. The fourth-order valence-electron chi connectivity index (χ4n) is 10.1. The van der Waals surface area contributed by atoms with Crippen molar-refractivity contribution in [2.75, 3.05) is 133 Å². The van der Waals surface area contributed by atoms with Gasteiger partial charge in [0.1, 0.15) is 19.8 Å². The minimum absolute atomic E-state index is 0. The molecular formula is C63H124Fe3N4O14+6. The number of likely N-dealkylation sites (N-methyl/N-ethyl adjacent to an activating group) is 2. The van der Waals surface area contributed by atoms with Gasteiger partial charge in [-0.25, -0.2) is 14.4 Å². The Kier molecular flexibility index (Phi) is 83.5. The van der Waals surface area contributed by atoms with E-state index in [0.29, 0.717) is 57.9 Å². The Hall–Kier alpha value is -1.25. The Bertz CT molecular complexity index is 1360. The second-order valence-electron chi connectivity index (χ2n) is 21.3. The van der Waals surface area contributed by atoms with Gasteiger partial charge in [0, 0.05) is 45.6 Å². The van der Waals surface area contributed by atoms with Gasteiger partial charge >= 0.3 is 69.1 Å². The summed E-state index contributed by atoms with van der Waals surface area (Å²) in [6.07, 6.45) is 39.0. The van der Waals surface area contributed by atoms with Crippen LogP contribution in [-0.2, 0) is 108 Å². The SMILES string of the molecule is C1CCCC1.C1CCCC1.C1CCCC1.CN(CCOCCOCC(=O)O)CC1CCCC1.CN(CCOCCOCC(=O)ON1C(=O)CCC1=O)CC1CCCC1.O=C(O)COCCOCCNCC1CCCC1.[CH3-].[CH3-].[CH3-].[CH3-].[CH3-].[CH3-].[Fe+4].[Fe+4].[Fe+4]. The van der Waals surface area contributed by atoms with E-state index in [0.717, 1.165) is 50.5 Å². The molecule has 0 atom stereocenters. The Morgan fingerprint density at radius 2 is 0.714 bits per heavy atom. The summed E-state index contributed by atoms with van der Waals surface area (Å²) in [6, 6.07) is 0. The number of hydrogen-bond donors (Lipinski definition) is 3. The summed E-state index contributed by atoms with van der Waals surface area (Å²) in [4.78, 5) is 63.7. The maximum atomic E-state index is 11.5. The monoisotopic (exact) mass is 1330 g/mol. The van der Waals surface area contributed by atoms with Crippen LogP contribution in [0.15, 0.2) is 0 Å². The van der Waals surface area contributed by atoms with Gasteiger partial charge in [0.2, 0.25) is 0 Å². The van der Waals surface area contributed by atoms with E-state index in [4.69, 9.17) is 38.6 Å². The van der Waals surface area contributed by atoms with Crippen molar-refractivity contribution in [2.45, 2.75) is 186 Å². The first-order valence-corrected chi connectivity index (χ1v) is 29.6. The van der Waals surface area contributed by atoms with Gasteiger partial charge in [0.25, 0.3) is 11.8 Å². The normalized spacial score (nSPS) is 16.7. The van der Waals surface area contributed by atoms with E-state index in [-0.39, 0.29) is 135 Å². The molecular weight excluding hydrogens is 1200 g/mol. The first kappa shape index (κ1) is 99.0. The average Bonchev–Trinajstić information content (AvgIpc) is 4.25. The van der Waals surface area contributed by atoms with Gasteiger partial charge in [-0.1, -0.05) is 135 Å². The van der Waals surface area contributed by atoms with E-state index in [1.165, 1.54) is 180 Å². The molecule has 0 aromatic rings. The van der Waals surface area contributed by atoms with Gasteiger partial charge in [0.15, 0.2) is 0 Å². The number of carbonyl (C=O) groups is 5. The van der Waals surface area contributed by atoms with Gasteiger partial charge < -0.3 is 103 Å². The van der Waals surface area contributed by atoms with E-state index in [2.05, 4.69) is 34.0 Å². The molecule has 0 radical (unpaired) electrons. The van der Waals surface area contributed by atoms with Crippen molar-refractivity contribution in [3.05, 3.63) is 44.6 Å². The number of carboxylic acids is 2. The predicted octanol–water partition coefficient (Wildman–Crippen LogP) is 11.4. The Morgan fingerprint density at radius 1 is 0.429 bits per heavy atom. The minimum Gasteiger partial charge on any atom is -0.480 e. The van der Waals surface area contributed by atoms with Crippen molar-refractivity contribution >= 4 is 29.7 Å². The third-order valence-corrected chi connectivity index (χ3v) is 14.4. The summed E-state index contributed by atoms with van der Waals surface area (Å²) in [5, 5.41) is 20.6. The summed E-state index contributed by atoms with van der Waals surface area (Å²) >= 11 is 0. The molecule has 0 unspecified atom stereocenters. The predicted molar refractivity (Wildman–Crippen MR) is 329 cm³/mol. The van der Waals surface area contributed by atoms with Crippen LogP contribution in [0.1, 0.15) is 186 Å². The van der Waals surface area contributed by atoms with E-state index in [1.807, 2.05) is 0 Å². The molecule has 0 aromatic carbocycles. The summed E-state index contributed by atoms with van der Waals surface area (Å²) in [5.74, 6) is -1.09. The number of ether oxygens (including phenoxy) is 6. The maximum absolute atomic E-state index is 11.5. The minimum atomic E-state index is -0.941. The molecule has 18 nitrogen and oxygen atoms in total. The van der Waals surface area contributed by atoms with Crippen molar-refractivity contribution in [1.29, 1.82) is 0 Å². The topological polar surface area (TPSA) is 212 Å². The fourth-order valence-corrected chi connectivity index (χ4v) is 10.1. The molecule has 1 aliphatic heterocycles. The molecule has 0 aromatic heterocycles. The zero-order chi connectivity index (χ0) is 54.2. The van der Waals surface area contributed by atoms with Crippen LogP contribution in [0.5, 0.6) is 0 Å². The summed E-state index contributed by atoms with van der Waals surface area (Å²) in [7, 11) is 4.23. The van der Waals surface area contributed by atoms with Gasteiger partial charge in [-0.05, 0) is 76.9 Å². The summed E-state index contributed by atoms with van der Waals surface area (Å²) in [6.45, 7) is 9.43. The van der Waals surface area contributed by atoms with Crippen LogP contribution in [0.25, 0.3) is 0 Å². The molecule has 21 heteroatoms. The first-order valence-electron chi connectivity index (χ1n) is 29.6. The quantitative estimate of drug-likeness (QED) is 0.0255. The van der Waals surface area contributed by atoms with Crippen LogP contribution >= 0.6 is 0 Å². The molecule has 2 amide bonds. The second kappa shape index (κ2) is 70.8. The van der Waals surface area contributed by atoms with Gasteiger partial charge in [0.05, 0.1) is 59.5 Å². The van der Waals surface area contributed by atoms with Crippen LogP contribution in [-0.4, -0.2) is 187 Å². The van der Waals surface area contributed by atoms with Gasteiger partial charge in [-0.2, -0.15) is 0 Å². The fraction of sp³-hybridized carbons (Fsp3) is 0.825. The van der Waals surface area contributed by atoms with Crippen molar-refractivity contribution < 1.29 is 119 Å². The van der Waals surface area contributed by atoms with Crippen LogP contribution < -0.4 is 5.32 Å². The van der Waals surface area contributed by atoms with E-state index in [9.17, 15) is 24.0 Å². The molecule has 0 spiro atoms. The molecule has 3 N–H and O–H groups in total. The number of hydrogen-bond acceptors (Lipinski definition) is 15. The number of aliphatic carboxylic acids is 2. The molecule has 0 bridgehead atoms. The largest absolute Gasteiger partial charge is 4.00 e.